The zero-order chi connectivity index (χ0) is 14.1. The maximum absolute atomic E-state index is 11.4. The molecule has 3 rings (SSSR count). The molecule has 0 bridgehead atoms. The molecule has 0 aliphatic heterocycles. The number of hydrogen-bond donors (Lipinski definition) is 0. The van der Waals surface area contributed by atoms with Gasteiger partial charge in [0, 0.05) is 11.6 Å². The first-order chi connectivity index (χ1) is 9.69. The van der Waals surface area contributed by atoms with Gasteiger partial charge >= 0.3 is 5.97 Å². The van der Waals surface area contributed by atoms with Gasteiger partial charge in [0.1, 0.15) is 5.69 Å². The lowest BCUT2D eigenvalue weighted by Gasteiger charge is -1.99. The lowest BCUT2D eigenvalue weighted by Crippen LogP contribution is -2.07. The van der Waals surface area contributed by atoms with Crippen molar-refractivity contribution >= 4 is 28.5 Å². The largest absolute Gasteiger partial charge is 0.463 e. The molecule has 0 aliphatic carbocycles. The summed E-state index contributed by atoms with van der Waals surface area (Å²) in [4.78, 5) is 19.4. The molecule has 20 heavy (non-hydrogen) atoms. The molecule has 1 aromatic carbocycles. The molecule has 0 fully saturated rings. The summed E-state index contributed by atoms with van der Waals surface area (Å²) >= 11 is 6.06. The van der Waals surface area contributed by atoms with Crippen LogP contribution in [0.15, 0.2) is 40.9 Å². The third-order valence-corrected chi connectivity index (χ3v) is 3.07. The Morgan fingerprint density at radius 3 is 2.95 bits per heavy atom. The second kappa shape index (κ2) is 4.94. The third-order valence-electron chi connectivity index (χ3n) is 2.77. The Balaban J connectivity index is 2.11. The SMILES string of the molecule is COC(=O)c1nccc(-c2cc3cccc(Cl)c3o2)n1. The van der Waals surface area contributed by atoms with E-state index in [2.05, 4.69) is 14.7 Å². The summed E-state index contributed by atoms with van der Waals surface area (Å²) < 4.78 is 10.3. The Morgan fingerprint density at radius 2 is 2.20 bits per heavy atom. The fraction of sp³-hybridized carbons (Fsp3) is 0.0714. The molecule has 0 radical (unpaired) electrons. The maximum atomic E-state index is 11.4. The van der Waals surface area contributed by atoms with Crippen molar-refractivity contribution in [2.45, 2.75) is 0 Å². The lowest BCUT2D eigenvalue weighted by atomic mass is 10.2. The number of furan rings is 1. The molecule has 0 atom stereocenters. The first-order valence-corrected chi connectivity index (χ1v) is 6.16. The van der Waals surface area contributed by atoms with Crippen LogP contribution in [0.2, 0.25) is 5.02 Å². The molecular weight excluding hydrogens is 280 g/mol. The van der Waals surface area contributed by atoms with Crippen molar-refractivity contribution in [3.63, 3.8) is 0 Å². The van der Waals surface area contributed by atoms with Gasteiger partial charge in [0.15, 0.2) is 11.3 Å². The van der Waals surface area contributed by atoms with Gasteiger partial charge in [0.05, 0.1) is 12.1 Å². The van der Waals surface area contributed by atoms with Gasteiger partial charge in [0.25, 0.3) is 0 Å². The van der Waals surface area contributed by atoms with Crippen molar-refractivity contribution in [3.05, 3.63) is 47.4 Å². The molecule has 0 N–H and O–H groups in total. The number of para-hydroxylation sites is 1. The van der Waals surface area contributed by atoms with Crippen LogP contribution in [0.4, 0.5) is 0 Å². The molecule has 2 aromatic heterocycles. The fourth-order valence-corrected chi connectivity index (χ4v) is 2.06. The highest BCUT2D eigenvalue weighted by Gasteiger charge is 2.14. The number of fused-ring (bicyclic) bond motifs is 1. The zero-order valence-corrected chi connectivity index (χ0v) is 11.2. The van der Waals surface area contributed by atoms with Crippen molar-refractivity contribution in [3.8, 4) is 11.5 Å². The molecule has 5 nitrogen and oxygen atoms in total. The van der Waals surface area contributed by atoms with Gasteiger partial charge in [0.2, 0.25) is 5.82 Å². The minimum Gasteiger partial charge on any atom is -0.463 e. The lowest BCUT2D eigenvalue weighted by molar-refractivity contribution is 0.0587. The normalized spacial score (nSPS) is 10.7. The summed E-state index contributed by atoms with van der Waals surface area (Å²) in [5, 5.41) is 1.39. The molecule has 0 aliphatic rings. The van der Waals surface area contributed by atoms with E-state index in [-0.39, 0.29) is 5.82 Å². The number of methoxy groups -OCH3 is 1. The molecule has 2 heterocycles. The van der Waals surface area contributed by atoms with Crippen LogP contribution in [0.5, 0.6) is 0 Å². The van der Waals surface area contributed by atoms with Crippen LogP contribution in [-0.2, 0) is 4.74 Å². The Kier molecular flexibility index (Phi) is 3.12. The minimum atomic E-state index is -0.596. The van der Waals surface area contributed by atoms with E-state index >= 15 is 0 Å². The number of rotatable bonds is 2. The number of benzene rings is 1. The highest BCUT2D eigenvalue weighted by molar-refractivity contribution is 6.34. The van der Waals surface area contributed by atoms with E-state index in [1.807, 2.05) is 18.2 Å². The van der Waals surface area contributed by atoms with Gasteiger partial charge in [-0.2, -0.15) is 0 Å². The summed E-state index contributed by atoms with van der Waals surface area (Å²) in [7, 11) is 1.28. The second-order valence-corrected chi connectivity index (χ2v) is 4.43. The van der Waals surface area contributed by atoms with Gasteiger partial charge in [-0.05, 0) is 18.2 Å². The minimum absolute atomic E-state index is 0.0171. The van der Waals surface area contributed by atoms with E-state index in [0.717, 1.165) is 5.39 Å². The number of esters is 1. The Hall–Kier alpha value is -2.40. The van der Waals surface area contributed by atoms with Crippen LogP contribution in [-0.4, -0.2) is 23.0 Å². The maximum Gasteiger partial charge on any atom is 0.376 e. The molecule has 0 saturated heterocycles. The topological polar surface area (TPSA) is 65.2 Å². The molecular formula is C14H9ClN2O3. The first kappa shape index (κ1) is 12.6. The van der Waals surface area contributed by atoms with E-state index in [4.69, 9.17) is 16.0 Å². The first-order valence-electron chi connectivity index (χ1n) is 5.79. The molecule has 0 saturated carbocycles. The molecule has 0 spiro atoms. The van der Waals surface area contributed by atoms with E-state index in [1.54, 1.807) is 12.1 Å². The molecule has 6 heteroatoms. The Morgan fingerprint density at radius 1 is 1.35 bits per heavy atom. The van der Waals surface area contributed by atoms with Crippen LogP contribution < -0.4 is 0 Å². The van der Waals surface area contributed by atoms with Crippen LogP contribution in [0.3, 0.4) is 0 Å². The number of ether oxygens (including phenoxy) is 1. The Bertz CT molecular complexity index is 798. The van der Waals surface area contributed by atoms with Crippen molar-refractivity contribution in [1.29, 1.82) is 0 Å². The average molecular weight is 289 g/mol. The quantitative estimate of drug-likeness (QED) is 0.677. The summed E-state index contributed by atoms with van der Waals surface area (Å²) in [6.45, 7) is 0. The van der Waals surface area contributed by atoms with Crippen LogP contribution in [0.1, 0.15) is 10.6 Å². The summed E-state index contributed by atoms with van der Waals surface area (Å²) in [6, 6.07) is 8.93. The number of hydrogen-bond acceptors (Lipinski definition) is 5. The van der Waals surface area contributed by atoms with Crippen LogP contribution >= 0.6 is 11.6 Å². The van der Waals surface area contributed by atoms with Gasteiger partial charge in [-0.1, -0.05) is 23.7 Å². The number of carbonyl (C=O) groups excluding carboxylic acids is 1. The summed E-state index contributed by atoms with van der Waals surface area (Å²) in [5.74, 6) is -0.0989. The average Bonchev–Trinajstić information content (AvgIpc) is 2.92. The predicted molar refractivity (Wildman–Crippen MR) is 73.6 cm³/mol. The molecule has 0 amide bonds. The predicted octanol–water partition coefficient (Wildman–Crippen LogP) is 3.33. The van der Waals surface area contributed by atoms with Crippen LogP contribution in [0.25, 0.3) is 22.4 Å². The summed E-state index contributed by atoms with van der Waals surface area (Å²) in [6.07, 6.45) is 1.48. The number of nitrogens with zero attached hydrogens (tertiary/aromatic N) is 2. The molecule has 0 unspecified atom stereocenters. The molecule has 100 valence electrons. The smallest absolute Gasteiger partial charge is 0.376 e. The number of halogens is 1. The van der Waals surface area contributed by atoms with Gasteiger partial charge < -0.3 is 9.15 Å². The number of aromatic nitrogens is 2. The molecule has 3 aromatic rings. The van der Waals surface area contributed by atoms with E-state index in [1.165, 1.54) is 13.3 Å². The monoisotopic (exact) mass is 288 g/mol. The van der Waals surface area contributed by atoms with Crippen molar-refractivity contribution in [2.24, 2.45) is 0 Å². The second-order valence-electron chi connectivity index (χ2n) is 4.03. The Labute approximate surface area is 119 Å². The highest BCUT2D eigenvalue weighted by atomic mass is 35.5. The van der Waals surface area contributed by atoms with Gasteiger partial charge in [-0.3, -0.25) is 0 Å². The van der Waals surface area contributed by atoms with Gasteiger partial charge in [-0.25, -0.2) is 14.8 Å². The van der Waals surface area contributed by atoms with Crippen molar-refractivity contribution in [2.75, 3.05) is 7.11 Å². The van der Waals surface area contributed by atoms with Crippen molar-refractivity contribution < 1.29 is 13.9 Å². The van der Waals surface area contributed by atoms with E-state index in [9.17, 15) is 4.79 Å². The zero-order valence-electron chi connectivity index (χ0n) is 10.5. The van der Waals surface area contributed by atoms with Crippen LogP contribution in [0, 0.1) is 0 Å². The van der Waals surface area contributed by atoms with Gasteiger partial charge in [-0.15, -0.1) is 0 Å². The van der Waals surface area contributed by atoms with E-state index < -0.39 is 5.97 Å². The number of carbonyl (C=O) groups is 1. The third kappa shape index (κ3) is 2.12. The van der Waals surface area contributed by atoms with Crippen molar-refractivity contribution in [1.82, 2.24) is 9.97 Å². The summed E-state index contributed by atoms with van der Waals surface area (Å²) in [5.41, 5.74) is 1.08. The fourth-order valence-electron chi connectivity index (χ4n) is 1.84. The standard InChI is InChI=1S/C14H9ClN2O3/c1-19-14(18)13-16-6-5-10(17-13)11-7-8-3-2-4-9(15)12(8)20-11/h2-7H,1H3. The highest BCUT2D eigenvalue weighted by Crippen LogP contribution is 2.30. The van der Waals surface area contributed by atoms with E-state index in [0.29, 0.717) is 22.1 Å².